The Kier molecular flexibility index (Phi) is 9.02. The summed E-state index contributed by atoms with van der Waals surface area (Å²) in [5.41, 5.74) is 5.53. The van der Waals surface area contributed by atoms with Gasteiger partial charge in [0.25, 0.3) is 6.02 Å². The van der Waals surface area contributed by atoms with Gasteiger partial charge < -0.3 is 24.7 Å². The first kappa shape index (κ1) is 27.2. The molecule has 2 heterocycles. The Morgan fingerprint density at radius 2 is 1.80 bits per heavy atom. The fourth-order valence-corrected chi connectivity index (χ4v) is 5.04. The Balaban J connectivity index is 1.70. The second-order valence-electron chi connectivity index (χ2n) is 11.4. The third kappa shape index (κ3) is 8.37. The molecule has 35 heavy (non-hydrogen) atoms. The lowest BCUT2D eigenvalue weighted by Crippen LogP contribution is -2.42. The zero-order valence-corrected chi connectivity index (χ0v) is 23.8. The molecule has 9 nitrogen and oxygen atoms in total. The maximum atomic E-state index is 11.6. The highest BCUT2D eigenvalue weighted by atomic mass is 28.3. The van der Waals surface area contributed by atoms with Crippen LogP contribution in [0.4, 0.5) is 11.4 Å². The average molecular weight is 521 g/mol. The number of aliphatic carboxylic acids is 1. The summed E-state index contributed by atoms with van der Waals surface area (Å²) in [5.74, 6) is -0.913. The molecule has 2 N–H and O–H groups in total. The van der Waals surface area contributed by atoms with Crippen molar-refractivity contribution in [3.05, 3.63) is 36.0 Å². The summed E-state index contributed by atoms with van der Waals surface area (Å²) in [6.07, 6.45) is 3.26. The Hall–Kier alpha value is -2.35. The van der Waals surface area contributed by atoms with Gasteiger partial charge in [-0.1, -0.05) is 39.3 Å². The summed E-state index contributed by atoms with van der Waals surface area (Å²) in [4.78, 5) is 18.3. The van der Waals surface area contributed by atoms with Gasteiger partial charge in [-0.05, 0) is 41.9 Å². The van der Waals surface area contributed by atoms with E-state index >= 15 is 0 Å². The molecular weight excluding hydrogens is 480 g/mol. The summed E-state index contributed by atoms with van der Waals surface area (Å²) in [6.45, 7) is 16.4. The number of carbonyl (C=O) groups is 1. The third-order valence-electron chi connectivity index (χ3n) is 5.72. The number of anilines is 1. The van der Waals surface area contributed by atoms with Crippen molar-refractivity contribution in [3.63, 3.8) is 0 Å². The number of fused-ring (bicyclic) bond motifs is 1. The lowest BCUT2D eigenvalue weighted by Gasteiger charge is -2.31. The van der Waals surface area contributed by atoms with E-state index in [0.29, 0.717) is 32.5 Å². The zero-order valence-electron chi connectivity index (χ0n) is 21.8. The molecule has 2 aliphatic rings. The fraction of sp³-hybridized carbons (Fsp3) is 0.583. The number of nitrogens with zero attached hydrogens (tertiary/aromatic N) is 3. The first-order chi connectivity index (χ1) is 16.4. The molecule has 0 aromatic heterocycles. The standard InChI is InChI=1S/C24H40N4O5Si2/c1-34(2,3)13-11-31-17-27-16-19-15-20(28-22(23(29)30)9-10-25-28)7-8-21(19)26-24(27)33-18-32-12-14-35(4,5)6/h7-10,15,22,25H,11-14,16-18H2,1-6H3,(H,29,30). The molecule has 0 radical (unpaired) electrons. The first-order valence-corrected chi connectivity index (χ1v) is 19.5. The number of aliphatic imine (C=N–C) groups is 1. The molecule has 1 atom stereocenters. The summed E-state index contributed by atoms with van der Waals surface area (Å²) in [5, 5.41) is 11.1. The number of carboxylic acids is 1. The van der Waals surface area contributed by atoms with Crippen LogP contribution in [0.15, 0.2) is 35.5 Å². The number of ether oxygens (including phenoxy) is 3. The van der Waals surface area contributed by atoms with Gasteiger partial charge in [-0.25, -0.2) is 4.79 Å². The van der Waals surface area contributed by atoms with Crippen LogP contribution in [0.25, 0.3) is 0 Å². The van der Waals surface area contributed by atoms with E-state index in [0.717, 1.165) is 29.0 Å². The Morgan fingerprint density at radius 1 is 1.11 bits per heavy atom. The van der Waals surface area contributed by atoms with Crippen molar-refractivity contribution in [1.82, 2.24) is 10.3 Å². The van der Waals surface area contributed by atoms with E-state index in [2.05, 4.69) is 44.7 Å². The minimum absolute atomic E-state index is 0.145. The van der Waals surface area contributed by atoms with Gasteiger partial charge in [0.1, 0.15) is 6.73 Å². The predicted octanol–water partition coefficient (Wildman–Crippen LogP) is 4.42. The molecule has 0 saturated heterocycles. The van der Waals surface area contributed by atoms with Crippen molar-refractivity contribution in [1.29, 1.82) is 0 Å². The lowest BCUT2D eigenvalue weighted by atomic mass is 10.1. The molecule has 0 spiro atoms. The second kappa shape index (κ2) is 11.6. The van der Waals surface area contributed by atoms with E-state index in [9.17, 15) is 9.90 Å². The number of hydrogen-bond acceptors (Lipinski definition) is 8. The van der Waals surface area contributed by atoms with Gasteiger partial charge in [0.2, 0.25) is 0 Å². The van der Waals surface area contributed by atoms with Crippen LogP contribution in [0.1, 0.15) is 5.56 Å². The highest BCUT2D eigenvalue weighted by Gasteiger charge is 2.29. The van der Waals surface area contributed by atoms with Crippen LogP contribution >= 0.6 is 0 Å². The number of carboxylic acid groups (broad SMARTS) is 1. The van der Waals surface area contributed by atoms with Gasteiger partial charge in [-0.2, -0.15) is 4.99 Å². The number of nitrogens with one attached hydrogen (secondary N) is 1. The SMILES string of the molecule is C[Si](C)(C)CCOCOC1=Nc2ccc(N3NC=CC3C(=O)O)cc2CN1COCC[Si](C)(C)C. The largest absolute Gasteiger partial charge is 0.479 e. The number of benzene rings is 1. The van der Waals surface area contributed by atoms with Crippen LogP contribution in [-0.2, 0) is 25.5 Å². The molecule has 1 unspecified atom stereocenters. The van der Waals surface area contributed by atoms with Crippen LogP contribution in [0.2, 0.25) is 51.4 Å². The van der Waals surface area contributed by atoms with Gasteiger partial charge in [-0.15, -0.1) is 0 Å². The molecule has 2 aliphatic heterocycles. The molecule has 3 rings (SSSR count). The number of amidine groups is 1. The molecule has 0 saturated carbocycles. The number of hydrazine groups is 1. The Morgan fingerprint density at radius 3 is 2.46 bits per heavy atom. The highest BCUT2D eigenvalue weighted by molar-refractivity contribution is 6.76. The summed E-state index contributed by atoms with van der Waals surface area (Å²) < 4.78 is 17.7. The highest BCUT2D eigenvalue weighted by Crippen LogP contribution is 2.31. The molecule has 194 valence electrons. The van der Waals surface area contributed by atoms with Gasteiger partial charge in [0.05, 0.1) is 17.9 Å². The molecule has 0 fully saturated rings. The van der Waals surface area contributed by atoms with Crippen LogP contribution < -0.4 is 10.4 Å². The number of hydrogen-bond donors (Lipinski definition) is 2. The van der Waals surface area contributed by atoms with E-state index in [1.165, 1.54) is 0 Å². The van der Waals surface area contributed by atoms with Crippen LogP contribution in [0.3, 0.4) is 0 Å². The predicted molar refractivity (Wildman–Crippen MR) is 144 cm³/mol. The van der Waals surface area contributed by atoms with Crippen molar-refractivity contribution in [3.8, 4) is 0 Å². The summed E-state index contributed by atoms with van der Waals surface area (Å²) in [6, 6.07) is 7.60. The normalized spacial score (nSPS) is 17.8. The quantitative estimate of drug-likeness (QED) is 0.238. The van der Waals surface area contributed by atoms with Gasteiger partial charge >= 0.3 is 5.97 Å². The van der Waals surface area contributed by atoms with Gasteiger partial charge in [-0.3, -0.25) is 9.91 Å². The van der Waals surface area contributed by atoms with Gasteiger partial charge in [0, 0.05) is 35.6 Å². The lowest BCUT2D eigenvalue weighted by molar-refractivity contribution is -0.137. The zero-order chi connectivity index (χ0) is 25.6. The van der Waals surface area contributed by atoms with E-state index in [-0.39, 0.29) is 6.79 Å². The Labute approximate surface area is 210 Å². The van der Waals surface area contributed by atoms with E-state index < -0.39 is 28.2 Å². The van der Waals surface area contributed by atoms with Crippen molar-refractivity contribution < 1.29 is 24.1 Å². The maximum absolute atomic E-state index is 11.6. The topological polar surface area (TPSA) is 95.9 Å². The number of rotatable bonds is 12. The van der Waals surface area contributed by atoms with Crippen molar-refractivity contribution in [2.45, 2.75) is 64.0 Å². The van der Waals surface area contributed by atoms with Crippen LogP contribution in [-0.4, -0.2) is 70.9 Å². The molecule has 1 aromatic rings. The average Bonchev–Trinajstić information content (AvgIpc) is 3.25. The molecule has 0 bridgehead atoms. The molecule has 0 aliphatic carbocycles. The van der Waals surface area contributed by atoms with E-state index in [1.54, 1.807) is 17.3 Å². The Bertz CT molecular complexity index is 943. The first-order valence-electron chi connectivity index (χ1n) is 12.1. The molecule has 0 amide bonds. The van der Waals surface area contributed by atoms with Gasteiger partial charge in [0.15, 0.2) is 12.8 Å². The van der Waals surface area contributed by atoms with E-state index in [1.807, 2.05) is 23.1 Å². The molecular formula is C24H40N4O5Si2. The van der Waals surface area contributed by atoms with Crippen LogP contribution in [0, 0.1) is 0 Å². The van der Waals surface area contributed by atoms with Crippen LogP contribution in [0.5, 0.6) is 0 Å². The van der Waals surface area contributed by atoms with Crippen molar-refractivity contribution in [2.24, 2.45) is 4.99 Å². The molecule has 11 heteroatoms. The minimum Gasteiger partial charge on any atom is -0.479 e. The summed E-state index contributed by atoms with van der Waals surface area (Å²) >= 11 is 0. The maximum Gasteiger partial charge on any atom is 0.332 e. The van der Waals surface area contributed by atoms with Crippen molar-refractivity contribution >= 4 is 39.5 Å². The minimum atomic E-state index is -1.19. The monoisotopic (exact) mass is 520 g/mol. The smallest absolute Gasteiger partial charge is 0.332 e. The molecule has 1 aromatic carbocycles. The third-order valence-corrected chi connectivity index (χ3v) is 9.13. The summed E-state index contributed by atoms with van der Waals surface area (Å²) in [7, 11) is -2.35. The van der Waals surface area contributed by atoms with Crippen molar-refractivity contribution in [2.75, 3.05) is 31.7 Å². The second-order valence-corrected chi connectivity index (χ2v) is 22.6. The fourth-order valence-electron chi connectivity index (χ4n) is 3.52. The van der Waals surface area contributed by atoms with E-state index in [4.69, 9.17) is 19.2 Å².